The van der Waals surface area contributed by atoms with Gasteiger partial charge in [0.15, 0.2) is 0 Å². The molecule has 12 nitrogen and oxygen atoms in total. The number of hydrogen-bond acceptors (Lipinski definition) is 12. The van der Waals surface area contributed by atoms with Gasteiger partial charge in [-0.05, 0) is 80.1 Å². The maximum atomic E-state index is 13.4. The number of esters is 3. The predicted octanol–water partition coefficient (Wildman–Crippen LogP) is 3.94. The number of hydrogen-bond donors (Lipinski definition) is 0. The summed E-state index contributed by atoms with van der Waals surface area (Å²) in [6.07, 6.45) is 3.78. The first-order chi connectivity index (χ1) is 21.2. The summed E-state index contributed by atoms with van der Waals surface area (Å²) in [5, 5.41) is 0. The van der Waals surface area contributed by atoms with Crippen LogP contribution < -0.4 is 0 Å². The molecule has 260 valence electrons. The minimum absolute atomic E-state index is 0.192. The normalized spacial score (nSPS) is 21.6. The minimum atomic E-state index is -1.05. The van der Waals surface area contributed by atoms with Crippen molar-refractivity contribution in [2.45, 2.75) is 128 Å². The van der Waals surface area contributed by atoms with Crippen LogP contribution in [0.4, 0.5) is 0 Å². The van der Waals surface area contributed by atoms with Crippen LogP contribution in [0.5, 0.6) is 0 Å². The SMILES string of the molecule is CC(C)(CCCOCC1CO1)OC(=O)CC(CC(=O)OC(C)(C)CCCOCC1CO1)C(=O)OC(C)(C)CCCOCC1CO1. The highest BCUT2D eigenvalue weighted by atomic mass is 16.6. The maximum absolute atomic E-state index is 13.4. The minimum Gasteiger partial charge on any atom is -0.460 e. The second-order valence-electron chi connectivity index (χ2n) is 14.2. The van der Waals surface area contributed by atoms with Crippen molar-refractivity contribution in [3.05, 3.63) is 0 Å². The second-order valence-corrected chi connectivity index (χ2v) is 14.2. The second kappa shape index (κ2) is 17.9. The molecule has 0 aliphatic carbocycles. The molecule has 3 saturated heterocycles. The van der Waals surface area contributed by atoms with Gasteiger partial charge in [0.1, 0.15) is 35.1 Å². The van der Waals surface area contributed by atoms with Gasteiger partial charge in [-0.3, -0.25) is 14.4 Å². The molecule has 0 bridgehead atoms. The standard InChI is InChI=1S/C33H56O12/c1-31(2,10-7-13-37-18-25-21-40-25)43-28(34)16-24(30(36)45-33(5,6)12-9-15-39-20-27-23-42-27)17-29(35)44-32(3,4)11-8-14-38-19-26-22-41-26/h24-27H,7-23H2,1-6H3. The maximum Gasteiger partial charge on any atom is 0.310 e. The molecule has 45 heavy (non-hydrogen) atoms. The Bertz CT molecular complexity index is 871. The molecule has 3 atom stereocenters. The smallest absolute Gasteiger partial charge is 0.310 e. The Morgan fingerprint density at radius 3 is 1.20 bits per heavy atom. The van der Waals surface area contributed by atoms with Gasteiger partial charge in [-0.2, -0.15) is 0 Å². The first kappa shape index (κ1) is 37.6. The Labute approximate surface area is 268 Å². The van der Waals surface area contributed by atoms with Crippen molar-refractivity contribution in [2.24, 2.45) is 5.92 Å². The third-order valence-corrected chi connectivity index (χ3v) is 7.64. The van der Waals surface area contributed by atoms with Crippen LogP contribution in [-0.2, 0) is 57.0 Å². The lowest BCUT2D eigenvalue weighted by Crippen LogP contribution is -2.36. The van der Waals surface area contributed by atoms with E-state index >= 15 is 0 Å². The zero-order chi connectivity index (χ0) is 32.9. The zero-order valence-corrected chi connectivity index (χ0v) is 28.2. The van der Waals surface area contributed by atoms with E-state index in [-0.39, 0.29) is 31.2 Å². The van der Waals surface area contributed by atoms with Gasteiger partial charge >= 0.3 is 17.9 Å². The van der Waals surface area contributed by atoms with Crippen LogP contribution in [-0.4, -0.2) is 112 Å². The average Bonchev–Trinajstić information content (AvgIpc) is 3.76. The molecule has 3 heterocycles. The van der Waals surface area contributed by atoms with Crippen LogP contribution in [0.25, 0.3) is 0 Å². The Morgan fingerprint density at radius 1 is 0.578 bits per heavy atom. The van der Waals surface area contributed by atoms with Crippen LogP contribution in [0, 0.1) is 5.92 Å². The summed E-state index contributed by atoms with van der Waals surface area (Å²) in [4.78, 5) is 39.6. The molecule has 0 amide bonds. The molecule has 0 aromatic heterocycles. The molecule has 0 aromatic rings. The fourth-order valence-electron chi connectivity index (χ4n) is 4.79. The average molecular weight is 645 g/mol. The Balaban J connectivity index is 1.48. The van der Waals surface area contributed by atoms with E-state index in [9.17, 15) is 14.4 Å². The van der Waals surface area contributed by atoms with Crippen LogP contribution in [0.2, 0.25) is 0 Å². The zero-order valence-electron chi connectivity index (χ0n) is 28.2. The molecule has 0 N–H and O–H groups in total. The summed E-state index contributed by atoms with van der Waals surface area (Å²) in [6, 6.07) is 0. The third kappa shape index (κ3) is 18.2. The first-order valence-corrected chi connectivity index (χ1v) is 16.5. The fourth-order valence-corrected chi connectivity index (χ4v) is 4.79. The largest absolute Gasteiger partial charge is 0.460 e. The van der Waals surface area contributed by atoms with Crippen LogP contribution in [0.3, 0.4) is 0 Å². The Morgan fingerprint density at radius 2 is 0.889 bits per heavy atom. The molecular formula is C33H56O12. The lowest BCUT2D eigenvalue weighted by Gasteiger charge is -2.30. The van der Waals surface area contributed by atoms with Crippen molar-refractivity contribution in [2.75, 3.05) is 59.5 Å². The predicted molar refractivity (Wildman–Crippen MR) is 163 cm³/mol. The van der Waals surface area contributed by atoms with Gasteiger partial charge in [0.2, 0.25) is 0 Å². The highest BCUT2D eigenvalue weighted by Crippen LogP contribution is 2.26. The van der Waals surface area contributed by atoms with E-state index in [1.807, 2.05) is 41.5 Å². The molecule has 12 heteroatoms. The molecule has 0 saturated carbocycles. The summed E-state index contributed by atoms with van der Waals surface area (Å²) in [6.45, 7) is 16.4. The van der Waals surface area contributed by atoms with Gasteiger partial charge in [-0.1, -0.05) is 0 Å². The summed E-state index contributed by atoms with van der Waals surface area (Å²) in [7, 11) is 0. The van der Waals surface area contributed by atoms with Gasteiger partial charge in [0, 0.05) is 19.8 Å². The van der Waals surface area contributed by atoms with Gasteiger partial charge in [-0.15, -0.1) is 0 Å². The van der Waals surface area contributed by atoms with Crippen molar-refractivity contribution in [1.29, 1.82) is 0 Å². The molecule has 3 rings (SSSR count). The highest BCUT2D eigenvalue weighted by Gasteiger charge is 2.35. The number of carbonyl (C=O) groups excluding carboxylic acids is 3. The van der Waals surface area contributed by atoms with Gasteiger partial charge in [0.25, 0.3) is 0 Å². The number of carbonyl (C=O) groups is 3. The quantitative estimate of drug-likeness (QED) is 0.0582. The summed E-state index contributed by atoms with van der Waals surface area (Å²) < 4.78 is 49.5. The van der Waals surface area contributed by atoms with Crippen LogP contribution in [0.1, 0.15) is 92.9 Å². The first-order valence-electron chi connectivity index (χ1n) is 16.5. The monoisotopic (exact) mass is 644 g/mol. The van der Waals surface area contributed by atoms with Gasteiger partial charge < -0.3 is 42.6 Å². The molecule has 0 radical (unpaired) electrons. The van der Waals surface area contributed by atoms with E-state index in [2.05, 4.69) is 0 Å². The number of rotatable bonds is 26. The van der Waals surface area contributed by atoms with Crippen LogP contribution in [0.15, 0.2) is 0 Å². The summed E-state index contributed by atoms with van der Waals surface area (Å²) in [5.41, 5.74) is -2.37. The van der Waals surface area contributed by atoms with E-state index < -0.39 is 40.6 Å². The number of ether oxygens (including phenoxy) is 9. The van der Waals surface area contributed by atoms with E-state index in [0.717, 1.165) is 19.8 Å². The molecular weight excluding hydrogens is 588 g/mol. The summed E-state index contributed by atoms with van der Waals surface area (Å²) >= 11 is 0. The Hall–Kier alpha value is -1.83. The van der Waals surface area contributed by atoms with E-state index in [4.69, 9.17) is 42.6 Å². The van der Waals surface area contributed by atoms with Gasteiger partial charge in [-0.25, -0.2) is 0 Å². The van der Waals surface area contributed by atoms with Crippen molar-refractivity contribution in [1.82, 2.24) is 0 Å². The number of epoxide rings is 3. The molecule has 3 aliphatic rings. The molecule has 0 aromatic carbocycles. The molecule has 3 aliphatic heterocycles. The Kier molecular flexibility index (Phi) is 15.0. The lowest BCUT2D eigenvalue weighted by atomic mass is 9.98. The van der Waals surface area contributed by atoms with Gasteiger partial charge in [0.05, 0.1) is 58.4 Å². The molecule has 3 fully saturated rings. The third-order valence-electron chi connectivity index (χ3n) is 7.64. The van der Waals surface area contributed by atoms with E-state index in [1.165, 1.54) is 0 Å². The van der Waals surface area contributed by atoms with Crippen molar-refractivity contribution in [3.8, 4) is 0 Å². The molecule has 0 spiro atoms. The summed E-state index contributed by atoms with van der Waals surface area (Å²) in [5.74, 6) is -2.84. The van der Waals surface area contributed by atoms with E-state index in [0.29, 0.717) is 78.2 Å². The topological polar surface area (TPSA) is 144 Å². The van der Waals surface area contributed by atoms with Crippen molar-refractivity contribution in [3.63, 3.8) is 0 Å². The van der Waals surface area contributed by atoms with Crippen molar-refractivity contribution < 1.29 is 57.0 Å². The van der Waals surface area contributed by atoms with E-state index in [1.54, 1.807) is 0 Å². The fraction of sp³-hybridized carbons (Fsp3) is 0.909. The van der Waals surface area contributed by atoms with Crippen molar-refractivity contribution >= 4 is 17.9 Å². The van der Waals surface area contributed by atoms with Crippen LogP contribution >= 0.6 is 0 Å². The lowest BCUT2D eigenvalue weighted by molar-refractivity contribution is -0.174. The highest BCUT2D eigenvalue weighted by molar-refractivity contribution is 5.84. The molecule has 3 unspecified atom stereocenters.